The quantitative estimate of drug-likeness (QED) is 0.236. The van der Waals surface area contributed by atoms with E-state index in [4.69, 9.17) is 23.4 Å². The maximum absolute atomic E-state index is 12.6. The third-order valence-corrected chi connectivity index (χ3v) is 12.0. The van der Waals surface area contributed by atoms with Gasteiger partial charge in [0.05, 0.1) is 41.0 Å². The van der Waals surface area contributed by atoms with Crippen molar-refractivity contribution in [3.8, 4) is 17.2 Å². The number of hydrogen-bond donors (Lipinski definition) is 0. The van der Waals surface area contributed by atoms with Crippen LogP contribution in [0.4, 0.5) is 0 Å². The van der Waals surface area contributed by atoms with Gasteiger partial charge in [-0.3, -0.25) is 4.79 Å². The van der Waals surface area contributed by atoms with Crippen LogP contribution in [0.5, 0.6) is 17.2 Å². The van der Waals surface area contributed by atoms with E-state index in [1.807, 2.05) is 24.3 Å². The van der Waals surface area contributed by atoms with Crippen molar-refractivity contribution >= 4 is 24.7 Å². The monoisotopic (exact) mass is 536 g/mol. The van der Waals surface area contributed by atoms with Gasteiger partial charge in [0, 0.05) is 0 Å². The van der Waals surface area contributed by atoms with Gasteiger partial charge in [0.1, 0.15) is 0 Å². The average Bonchev–Trinajstić information content (AvgIpc) is 2.93. The van der Waals surface area contributed by atoms with Crippen LogP contribution < -0.4 is 24.6 Å². The van der Waals surface area contributed by atoms with Crippen LogP contribution in [0.15, 0.2) is 72.8 Å². The first-order chi connectivity index (χ1) is 18.2. The topological polar surface area (TPSA) is 63.2 Å². The molecule has 0 heterocycles. The largest absolute Gasteiger partial charge is 0.493 e. The smallest absolute Gasteiger partial charge is 0.308 e. The lowest BCUT2D eigenvalue weighted by molar-refractivity contribution is -0.142. The highest BCUT2D eigenvalue weighted by Crippen LogP contribution is 2.40. The van der Waals surface area contributed by atoms with Gasteiger partial charge in [-0.15, -0.1) is 0 Å². The Bertz CT molecular complexity index is 1110. The predicted molar refractivity (Wildman–Crippen MR) is 154 cm³/mol. The SMILES string of the molecule is COC(=O)CC(CCc1cc(OC)c(OC)c(OC)c1)O[Si](c1ccccc1)(c1ccccc1)C(C)(C)C. The van der Waals surface area contributed by atoms with Crippen LogP contribution in [0.2, 0.25) is 5.04 Å². The maximum Gasteiger partial charge on any atom is 0.308 e. The number of carbonyl (C=O) groups excluding carboxylic acids is 1. The van der Waals surface area contributed by atoms with Gasteiger partial charge in [0.2, 0.25) is 5.75 Å². The number of benzene rings is 3. The Hall–Kier alpha value is -3.29. The molecule has 0 aliphatic rings. The summed E-state index contributed by atoms with van der Waals surface area (Å²) in [6.45, 7) is 6.69. The minimum absolute atomic E-state index is 0.158. The Morgan fingerprint density at radius 3 is 1.68 bits per heavy atom. The normalized spacial score (nSPS) is 12.5. The summed E-state index contributed by atoms with van der Waals surface area (Å²) in [4.78, 5) is 12.6. The van der Waals surface area contributed by atoms with Crippen molar-refractivity contribution in [1.29, 1.82) is 0 Å². The van der Waals surface area contributed by atoms with Crippen LogP contribution in [-0.2, 0) is 20.4 Å². The highest BCUT2D eigenvalue weighted by Gasteiger charge is 2.51. The number of hydrogen-bond acceptors (Lipinski definition) is 6. The van der Waals surface area contributed by atoms with E-state index in [-0.39, 0.29) is 23.5 Å². The van der Waals surface area contributed by atoms with Gasteiger partial charge in [0.25, 0.3) is 8.32 Å². The van der Waals surface area contributed by atoms with Crippen molar-refractivity contribution in [2.24, 2.45) is 0 Å². The molecular formula is C31H40O6Si. The van der Waals surface area contributed by atoms with Gasteiger partial charge < -0.3 is 23.4 Å². The molecule has 0 saturated carbocycles. The van der Waals surface area contributed by atoms with E-state index < -0.39 is 8.32 Å². The second-order valence-corrected chi connectivity index (χ2v) is 14.5. The molecule has 0 aromatic heterocycles. The molecule has 0 saturated heterocycles. The first-order valence-corrected chi connectivity index (χ1v) is 14.8. The zero-order valence-electron chi connectivity index (χ0n) is 23.6. The molecule has 1 unspecified atom stereocenters. The van der Waals surface area contributed by atoms with E-state index in [1.54, 1.807) is 21.3 Å². The number of ether oxygens (including phenoxy) is 4. The van der Waals surface area contributed by atoms with Gasteiger partial charge in [-0.05, 0) is 45.9 Å². The van der Waals surface area contributed by atoms with Crippen molar-refractivity contribution in [2.45, 2.75) is 51.2 Å². The lowest BCUT2D eigenvalue weighted by Crippen LogP contribution is -2.67. The summed E-state index contributed by atoms with van der Waals surface area (Å²) in [6, 6.07) is 24.8. The van der Waals surface area contributed by atoms with Gasteiger partial charge in [0.15, 0.2) is 11.5 Å². The number of methoxy groups -OCH3 is 4. The number of carbonyl (C=O) groups is 1. The summed E-state index contributed by atoms with van der Waals surface area (Å²) >= 11 is 0. The molecule has 0 fully saturated rings. The second-order valence-electron chi connectivity index (χ2n) is 10.3. The molecule has 0 amide bonds. The van der Waals surface area contributed by atoms with Crippen LogP contribution in [0.1, 0.15) is 39.2 Å². The number of aryl methyl sites for hydroxylation is 1. The molecule has 3 rings (SSSR count). The Kier molecular flexibility index (Phi) is 10.00. The van der Waals surface area contributed by atoms with Crippen LogP contribution in [0.25, 0.3) is 0 Å². The van der Waals surface area contributed by atoms with Crippen molar-refractivity contribution < 1.29 is 28.2 Å². The van der Waals surface area contributed by atoms with Crippen LogP contribution >= 0.6 is 0 Å². The Balaban J connectivity index is 2.06. The summed E-state index contributed by atoms with van der Waals surface area (Å²) in [5.41, 5.74) is 1.00. The van der Waals surface area contributed by atoms with E-state index in [0.29, 0.717) is 30.1 Å². The Morgan fingerprint density at radius 1 is 0.789 bits per heavy atom. The third kappa shape index (κ3) is 6.39. The summed E-state index contributed by atoms with van der Waals surface area (Å²) in [5, 5.41) is 2.12. The van der Waals surface area contributed by atoms with Gasteiger partial charge in [-0.1, -0.05) is 81.4 Å². The molecule has 38 heavy (non-hydrogen) atoms. The van der Waals surface area contributed by atoms with Crippen LogP contribution in [0, 0.1) is 0 Å². The highest BCUT2D eigenvalue weighted by atomic mass is 28.4. The average molecular weight is 537 g/mol. The first-order valence-electron chi connectivity index (χ1n) is 12.8. The van der Waals surface area contributed by atoms with Crippen molar-refractivity contribution in [3.05, 3.63) is 78.4 Å². The van der Waals surface area contributed by atoms with Crippen molar-refractivity contribution in [3.63, 3.8) is 0 Å². The molecule has 0 aliphatic carbocycles. The summed E-state index contributed by atoms with van der Waals surface area (Å²) in [6.07, 6.45) is 1.05. The molecule has 3 aromatic rings. The molecule has 3 aromatic carbocycles. The highest BCUT2D eigenvalue weighted by molar-refractivity contribution is 6.99. The van der Waals surface area contributed by atoms with E-state index in [9.17, 15) is 4.79 Å². The lowest BCUT2D eigenvalue weighted by atomic mass is 10.0. The molecule has 204 valence electrons. The Morgan fingerprint density at radius 2 is 1.29 bits per heavy atom. The fraction of sp³-hybridized carbons (Fsp3) is 0.387. The minimum atomic E-state index is -2.86. The van der Waals surface area contributed by atoms with E-state index >= 15 is 0 Å². The molecule has 0 spiro atoms. The second kappa shape index (κ2) is 13.0. The Labute approximate surface area is 228 Å². The molecule has 6 nitrogen and oxygen atoms in total. The first kappa shape index (κ1) is 29.3. The summed E-state index contributed by atoms with van der Waals surface area (Å²) < 4.78 is 28.9. The number of esters is 1. The standard InChI is InChI=1S/C31H40O6Si/c1-31(2,3)38(25-14-10-8-11-15-25,26-16-12-9-13-17-26)37-24(22-29(32)35-6)19-18-23-20-27(33-4)30(36-7)28(21-23)34-5/h8-17,20-21,24H,18-19,22H2,1-7H3. The molecule has 0 bridgehead atoms. The maximum atomic E-state index is 12.6. The fourth-order valence-corrected chi connectivity index (χ4v) is 9.74. The zero-order chi connectivity index (χ0) is 27.8. The van der Waals surface area contributed by atoms with Gasteiger partial charge in [-0.2, -0.15) is 0 Å². The summed E-state index contributed by atoms with van der Waals surface area (Å²) in [5.74, 6) is 1.45. The minimum Gasteiger partial charge on any atom is -0.493 e. The van der Waals surface area contributed by atoms with Gasteiger partial charge >= 0.3 is 5.97 Å². The predicted octanol–water partition coefficient (Wildman–Crippen LogP) is 5.15. The van der Waals surface area contributed by atoms with E-state index in [2.05, 4.69) is 69.3 Å². The molecule has 0 radical (unpaired) electrons. The van der Waals surface area contributed by atoms with Crippen LogP contribution in [-0.4, -0.2) is 48.8 Å². The molecular weight excluding hydrogens is 496 g/mol. The fourth-order valence-electron chi connectivity index (χ4n) is 5.02. The lowest BCUT2D eigenvalue weighted by Gasteiger charge is -2.45. The third-order valence-electron chi connectivity index (χ3n) is 6.86. The van der Waals surface area contributed by atoms with Crippen LogP contribution in [0.3, 0.4) is 0 Å². The molecule has 1 atom stereocenters. The summed E-state index contributed by atoms with van der Waals surface area (Å²) in [7, 11) is 3.36. The van der Waals surface area contributed by atoms with Crippen molar-refractivity contribution in [1.82, 2.24) is 0 Å². The molecule has 0 aliphatic heterocycles. The van der Waals surface area contributed by atoms with Crippen molar-refractivity contribution in [2.75, 3.05) is 28.4 Å². The zero-order valence-corrected chi connectivity index (χ0v) is 24.6. The molecule has 7 heteroatoms. The van der Waals surface area contributed by atoms with Gasteiger partial charge in [-0.25, -0.2) is 0 Å². The van der Waals surface area contributed by atoms with E-state index in [0.717, 1.165) is 5.56 Å². The number of rotatable bonds is 12. The molecule has 0 N–H and O–H groups in total. The van der Waals surface area contributed by atoms with E-state index in [1.165, 1.54) is 17.5 Å².